The van der Waals surface area contributed by atoms with Crippen LogP contribution in [0.4, 0.5) is 0 Å². The molecule has 148 valence electrons. The molecule has 0 aliphatic carbocycles. The van der Waals surface area contributed by atoms with Crippen molar-refractivity contribution in [3.63, 3.8) is 0 Å². The Balaban J connectivity index is 1.49. The SMILES string of the molecule is COc1ccc2cc(/C=C/C(=O)OCC(=O)NCc3ccccc3Cl)ccc2c1. The first-order valence-corrected chi connectivity index (χ1v) is 9.36. The fraction of sp³-hybridized carbons (Fsp3) is 0.130. The molecule has 0 fully saturated rings. The average Bonchev–Trinajstić information content (AvgIpc) is 2.75. The van der Waals surface area contributed by atoms with E-state index in [2.05, 4.69) is 5.32 Å². The number of nitrogens with one attached hydrogen (secondary N) is 1. The number of hydrogen-bond donors (Lipinski definition) is 1. The zero-order chi connectivity index (χ0) is 20.6. The molecule has 29 heavy (non-hydrogen) atoms. The van der Waals surface area contributed by atoms with Gasteiger partial charge in [-0.15, -0.1) is 0 Å². The highest BCUT2D eigenvalue weighted by molar-refractivity contribution is 6.31. The zero-order valence-electron chi connectivity index (χ0n) is 15.9. The molecule has 0 saturated carbocycles. The van der Waals surface area contributed by atoms with E-state index in [1.54, 1.807) is 19.3 Å². The standard InChI is InChI=1S/C23H20ClNO4/c1-28-20-10-9-17-12-16(6-8-18(17)13-20)7-11-23(27)29-15-22(26)25-14-19-4-2-3-5-21(19)24/h2-13H,14-15H2,1H3,(H,25,26)/b11-7+. The highest BCUT2D eigenvalue weighted by atomic mass is 35.5. The van der Waals surface area contributed by atoms with Gasteiger partial charge in [-0.05, 0) is 52.2 Å². The quantitative estimate of drug-likeness (QED) is 0.464. The number of amides is 1. The summed E-state index contributed by atoms with van der Waals surface area (Å²) in [5, 5.41) is 5.30. The highest BCUT2D eigenvalue weighted by Gasteiger charge is 2.06. The van der Waals surface area contributed by atoms with Gasteiger partial charge in [0.1, 0.15) is 5.75 Å². The third-order valence-electron chi connectivity index (χ3n) is 4.26. The van der Waals surface area contributed by atoms with Crippen molar-refractivity contribution in [3.8, 4) is 5.75 Å². The second-order valence-electron chi connectivity index (χ2n) is 6.28. The van der Waals surface area contributed by atoms with Gasteiger partial charge in [-0.1, -0.05) is 48.0 Å². The molecule has 0 spiro atoms. The Labute approximate surface area is 173 Å². The van der Waals surface area contributed by atoms with Crippen molar-refractivity contribution >= 4 is 40.3 Å². The molecule has 0 bridgehead atoms. The molecule has 0 unspecified atom stereocenters. The number of carbonyl (C=O) groups excluding carboxylic acids is 2. The van der Waals surface area contributed by atoms with Gasteiger partial charge in [0.05, 0.1) is 7.11 Å². The van der Waals surface area contributed by atoms with Crippen LogP contribution in [-0.4, -0.2) is 25.6 Å². The Bertz CT molecular complexity index is 1060. The zero-order valence-corrected chi connectivity index (χ0v) is 16.6. The Kier molecular flexibility index (Phi) is 6.87. The fourth-order valence-corrected chi connectivity index (χ4v) is 2.91. The molecule has 0 aliphatic rings. The number of ether oxygens (including phenoxy) is 2. The van der Waals surface area contributed by atoms with Gasteiger partial charge >= 0.3 is 5.97 Å². The van der Waals surface area contributed by atoms with Crippen LogP contribution in [0.25, 0.3) is 16.8 Å². The first kappa shape index (κ1) is 20.4. The minimum Gasteiger partial charge on any atom is -0.497 e. The molecule has 0 aliphatic heterocycles. The third-order valence-corrected chi connectivity index (χ3v) is 4.63. The third kappa shape index (κ3) is 5.83. The monoisotopic (exact) mass is 409 g/mol. The van der Waals surface area contributed by atoms with Gasteiger partial charge in [0.2, 0.25) is 0 Å². The van der Waals surface area contributed by atoms with Gasteiger partial charge in [-0.2, -0.15) is 0 Å². The maximum atomic E-state index is 11.9. The number of rotatable bonds is 7. The molecule has 0 radical (unpaired) electrons. The Morgan fingerprint density at radius 3 is 2.59 bits per heavy atom. The summed E-state index contributed by atoms with van der Waals surface area (Å²) < 4.78 is 10.2. The molecule has 0 heterocycles. The summed E-state index contributed by atoms with van der Waals surface area (Å²) in [4.78, 5) is 23.7. The molecule has 6 heteroatoms. The van der Waals surface area contributed by atoms with Crippen LogP contribution in [0, 0.1) is 0 Å². The predicted octanol–water partition coefficient (Wildman–Crippen LogP) is 4.37. The largest absolute Gasteiger partial charge is 0.497 e. The smallest absolute Gasteiger partial charge is 0.331 e. The Hall–Kier alpha value is -3.31. The van der Waals surface area contributed by atoms with Crippen LogP contribution in [0.15, 0.2) is 66.7 Å². The fourth-order valence-electron chi connectivity index (χ4n) is 2.71. The molecule has 0 saturated heterocycles. The van der Waals surface area contributed by atoms with Crippen LogP contribution in [0.1, 0.15) is 11.1 Å². The van der Waals surface area contributed by atoms with Crippen molar-refractivity contribution in [3.05, 3.63) is 82.9 Å². The topological polar surface area (TPSA) is 64.6 Å². The number of hydrogen-bond acceptors (Lipinski definition) is 4. The first-order chi connectivity index (χ1) is 14.0. The van der Waals surface area contributed by atoms with Crippen LogP contribution in [0.5, 0.6) is 5.75 Å². The number of halogens is 1. The number of esters is 1. The van der Waals surface area contributed by atoms with Crippen LogP contribution < -0.4 is 10.1 Å². The summed E-state index contributed by atoms with van der Waals surface area (Å²) in [5.41, 5.74) is 1.64. The van der Waals surface area contributed by atoms with Gasteiger partial charge in [0.25, 0.3) is 5.91 Å². The van der Waals surface area contributed by atoms with Crippen molar-refractivity contribution in [1.82, 2.24) is 5.32 Å². The second kappa shape index (κ2) is 9.75. The summed E-state index contributed by atoms with van der Waals surface area (Å²) in [6.07, 6.45) is 2.94. The van der Waals surface area contributed by atoms with Crippen molar-refractivity contribution in [1.29, 1.82) is 0 Å². The van der Waals surface area contributed by atoms with E-state index in [0.717, 1.165) is 27.6 Å². The van der Waals surface area contributed by atoms with E-state index < -0.39 is 11.9 Å². The molecule has 0 atom stereocenters. The molecule has 3 aromatic carbocycles. The minimum atomic E-state index is -0.590. The lowest BCUT2D eigenvalue weighted by molar-refractivity contribution is -0.143. The van der Waals surface area contributed by atoms with Crippen molar-refractivity contribution in [2.24, 2.45) is 0 Å². The predicted molar refractivity (Wildman–Crippen MR) is 114 cm³/mol. The van der Waals surface area contributed by atoms with E-state index in [1.807, 2.05) is 54.6 Å². The maximum Gasteiger partial charge on any atom is 0.331 e. The van der Waals surface area contributed by atoms with Crippen molar-refractivity contribution < 1.29 is 19.1 Å². The Morgan fingerprint density at radius 1 is 1.03 bits per heavy atom. The van der Waals surface area contributed by atoms with Gasteiger partial charge in [-0.3, -0.25) is 4.79 Å². The molecule has 1 N–H and O–H groups in total. The lowest BCUT2D eigenvalue weighted by atomic mass is 10.1. The average molecular weight is 410 g/mol. The maximum absolute atomic E-state index is 11.9. The summed E-state index contributed by atoms with van der Waals surface area (Å²) in [7, 11) is 1.63. The van der Waals surface area contributed by atoms with Crippen LogP contribution in [-0.2, 0) is 20.9 Å². The van der Waals surface area contributed by atoms with Gasteiger partial charge in [-0.25, -0.2) is 4.79 Å². The van der Waals surface area contributed by atoms with Gasteiger partial charge in [0.15, 0.2) is 6.61 Å². The Morgan fingerprint density at radius 2 is 1.79 bits per heavy atom. The van der Waals surface area contributed by atoms with Crippen LogP contribution >= 0.6 is 11.6 Å². The lowest BCUT2D eigenvalue weighted by Gasteiger charge is -2.07. The molecular formula is C23H20ClNO4. The van der Waals surface area contributed by atoms with Crippen molar-refractivity contribution in [2.45, 2.75) is 6.54 Å². The number of benzene rings is 3. The van der Waals surface area contributed by atoms with Gasteiger partial charge < -0.3 is 14.8 Å². The molecular weight excluding hydrogens is 390 g/mol. The summed E-state index contributed by atoms with van der Waals surface area (Å²) in [5.74, 6) is -0.198. The number of methoxy groups -OCH3 is 1. The second-order valence-corrected chi connectivity index (χ2v) is 6.69. The van der Waals surface area contributed by atoms with Crippen LogP contribution in [0.3, 0.4) is 0 Å². The van der Waals surface area contributed by atoms with E-state index in [4.69, 9.17) is 21.1 Å². The van der Waals surface area contributed by atoms with Crippen molar-refractivity contribution in [2.75, 3.05) is 13.7 Å². The molecule has 5 nitrogen and oxygen atoms in total. The molecule has 1 amide bonds. The molecule has 3 aromatic rings. The first-order valence-electron chi connectivity index (χ1n) is 8.98. The van der Waals surface area contributed by atoms with E-state index >= 15 is 0 Å². The van der Waals surface area contributed by atoms with Gasteiger partial charge in [0, 0.05) is 17.6 Å². The summed E-state index contributed by atoms with van der Waals surface area (Å²) in [6.45, 7) is -0.0844. The lowest BCUT2D eigenvalue weighted by Crippen LogP contribution is -2.28. The summed E-state index contributed by atoms with van der Waals surface area (Å²) >= 11 is 6.03. The van der Waals surface area contributed by atoms with E-state index in [9.17, 15) is 9.59 Å². The normalized spacial score (nSPS) is 10.8. The highest BCUT2D eigenvalue weighted by Crippen LogP contribution is 2.22. The number of carbonyl (C=O) groups is 2. The van der Waals surface area contributed by atoms with Crippen LogP contribution in [0.2, 0.25) is 5.02 Å². The van der Waals surface area contributed by atoms with E-state index in [0.29, 0.717) is 5.02 Å². The summed E-state index contributed by atoms with van der Waals surface area (Å²) in [6, 6.07) is 18.8. The molecule has 0 aromatic heterocycles. The van der Waals surface area contributed by atoms with E-state index in [-0.39, 0.29) is 13.2 Å². The molecule has 3 rings (SSSR count). The van der Waals surface area contributed by atoms with E-state index in [1.165, 1.54) is 6.08 Å². The minimum absolute atomic E-state index is 0.272. The number of fused-ring (bicyclic) bond motifs is 1.